The zero-order valence-electron chi connectivity index (χ0n) is 8.79. The number of hydrogen-bond acceptors (Lipinski definition) is 3. The van der Waals surface area contributed by atoms with Gasteiger partial charge in [0.1, 0.15) is 12.1 Å². The Balaban J connectivity index is 2.67. The Labute approximate surface area is 89.9 Å². The van der Waals surface area contributed by atoms with E-state index in [1.807, 2.05) is 6.07 Å². The number of aromatic nitrogens is 2. The molecular formula is C10H16ClN3. The lowest BCUT2D eigenvalue weighted by atomic mass is 9.88. The molecule has 4 heteroatoms. The third-order valence-electron chi connectivity index (χ3n) is 2.10. The zero-order valence-corrected chi connectivity index (χ0v) is 9.54. The molecule has 1 N–H and O–H groups in total. The summed E-state index contributed by atoms with van der Waals surface area (Å²) < 4.78 is 0. The first-order valence-electron chi connectivity index (χ1n) is 4.62. The van der Waals surface area contributed by atoms with Crippen LogP contribution in [0.2, 0.25) is 0 Å². The van der Waals surface area contributed by atoms with Crippen LogP contribution < -0.4 is 5.32 Å². The molecule has 0 radical (unpaired) electrons. The smallest absolute Gasteiger partial charge is 0.129 e. The molecule has 1 atom stereocenters. The normalized spacial score (nSPS) is 13.7. The Kier molecular flexibility index (Phi) is 3.69. The molecule has 0 spiro atoms. The second-order valence-corrected chi connectivity index (χ2v) is 4.62. The highest BCUT2D eigenvalue weighted by Gasteiger charge is 2.23. The largest absolute Gasteiger partial charge is 0.366 e. The summed E-state index contributed by atoms with van der Waals surface area (Å²) in [5.41, 5.74) is 0.118. The maximum absolute atomic E-state index is 5.90. The molecule has 0 aliphatic heterocycles. The second-order valence-electron chi connectivity index (χ2n) is 4.31. The molecule has 0 bridgehead atoms. The second kappa shape index (κ2) is 4.60. The van der Waals surface area contributed by atoms with Crippen molar-refractivity contribution < 1.29 is 0 Å². The van der Waals surface area contributed by atoms with Gasteiger partial charge in [0, 0.05) is 18.1 Å². The van der Waals surface area contributed by atoms with Crippen LogP contribution >= 0.6 is 11.6 Å². The van der Waals surface area contributed by atoms with Crippen molar-refractivity contribution in [3.05, 3.63) is 18.6 Å². The van der Waals surface area contributed by atoms with Gasteiger partial charge in [-0.15, -0.1) is 11.6 Å². The first-order chi connectivity index (χ1) is 6.54. The molecule has 0 amide bonds. The number of rotatable bonds is 3. The van der Waals surface area contributed by atoms with Crippen molar-refractivity contribution in [3.8, 4) is 0 Å². The van der Waals surface area contributed by atoms with E-state index in [2.05, 4.69) is 36.1 Å². The summed E-state index contributed by atoms with van der Waals surface area (Å²) in [6.07, 6.45) is 3.24. The topological polar surface area (TPSA) is 37.8 Å². The average Bonchev–Trinajstić information content (AvgIpc) is 2.14. The Bertz CT molecular complexity index is 268. The standard InChI is InChI=1S/C10H16ClN3/c1-10(2,3)8(6-11)14-9-4-5-12-7-13-9/h4-5,7-8H,6H2,1-3H3,(H,12,13,14). The molecule has 14 heavy (non-hydrogen) atoms. The highest BCUT2D eigenvalue weighted by atomic mass is 35.5. The van der Waals surface area contributed by atoms with Crippen molar-refractivity contribution in [1.29, 1.82) is 0 Å². The van der Waals surface area contributed by atoms with Gasteiger partial charge in [-0.25, -0.2) is 9.97 Å². The lowest BCUT2D eigenvalue weighted by molar-refractivity contribution is 0.361. The summed E-state index contributed by atoms with van der Waals surface area (Å²) in [4.78, 5) is 7.96. The average molecular weight is 214 g/mol. The number of halogens is 1. The Morgan fingerprint density at radius 3 is 2.64 bits per heavy atom. The van der Waals surface area contributed by atoms with Crippen LogP contribution in [0.15, 0.2) is 18.6 Å². The molecule has 1 aromatic rings. The van der Waals surface area contributed by atoms with Gasteiger partial charge in [0.2, 0.25) is 0 Å². The van der Waals surface area contributed by atoms with Gasteiger partial charge in [-0.2, -0.15) is 0 Å². The molecule has 1 unspecified atom stereocenters. The number of alkyl halides is 1. The first kappa shape index (κ1) is 11.2. The zero-order chi connectivity index (χ0) is 10.6. The fourth-order valence-corrected chi connectivity index (χ4v) is 1.58. The molecule has 0 aromatic carbocycles. The molecule has 0 fully saturated rings. The van der Waals surface area contributed by atoms with E-state index in [4.69, 9.17) is 11.6 Å². The number of anilines is 1. The van der Waals surface area contributed by atoms with E-state index in [9.17, 15) is 0 Å². The summed E-state index contributed by atoms with van der Waals surface area (Å²) >= 11 is 5.90. The maximum Gasteiger partial charge on any atom is 0.129 e. The van der Waals surface area contributed by atoms with Gasteiger partial charge < -0.3 is 5.32 Å². The number of nitrogens with zero attached hydrogens (tertiary/aromatic N) is 2. The highest BCUT2D eigenvalue weighted by Crippen LogP contribution is 2.23. The predicted molar refractivity (Wildman–Crippen MR) is 59.6 cm³/mol. The van der Waals surface area contributed by atoms with E-state index in [0.29, 0.717) is 5.88 Å². The van der Waals surface area contributed by atoms with Gasteiger partial charge in [0.15, 0.2) is 0 Å². The fraction of sp³-hybridized carbons (Fsp3) is 0.600. The summed E-state index contributed by atoms with van der Waals surface area (Å²) in [7, 11) is 0. The van der Waals surface area contributed by atoms with E-state index < -0.39 is 0 Å². The minimum Gasteiger partial charge on any atom is -0.366 e. The molecule has 1 rings (SSSR count). The Hall–Kier alpha value is -0.830. The van der Waals surface area contributed by atoms with Gasteiger partial charge in [-0.3, -0.25) is 0 Å². The van der Waals surface area contributed by atoms with Crippen LogP contribution in [0.5, 0.6) is 0 Å². The maximum atomic E-state index is 5.90. The molecule has 0 saturated carbocycles. The molecule has 0 aliphatic carbocycles. The van der Waals surface area contributed by atoms with E-state index in [1.54, 1.807) is 6.20 Å². The van der Waals surface area contributed by atoms with Crippen molar-refractivity contribution in [3.63, 3.8) is 0 Å². The van der Waals surface area contributed by atoms with Crippen LogP contribution in [-0.2, 0) is 0 Å². The highest BCUT2D eigenvalue weighted by molar-refractivity contribution is 6.18. The quantitative estimate of drug-likeness (QED) is 0.785. The molecule has 0 saturated heterocycles. The van der Waals surface area contributed by atoms with Gasteiger partial charge in [0.25, 0.3) is 0 Å². The molecule has 1 aromatic heterocycles. The molecule has 1 heterocycles. The SMILES string of the molecule is CC(C)(C)C(CCl)Nc1ccncn1. The molecule has 78 valence electrons. The van der Waals surface area contributed by atoms with Crippen molar-refractivity contribution >= 4 is 17.4 Å². The van der Waals surface area contributed by atoms with Gasteiger partial charge in [-0.1, -0.05) is 20.8 Å². The Morgan fingerprint density at radius 2 is 2.21 bits per heavy atom. The summed E-state index contributed by atoms with van der Waals surface area (Å²) in [5, 5.41) is 3.29. The van der Waals surface area contributed by atoms with Crippen molar-refractivity contribution in [1.82, 2.24) is 9.97 Å². The van der Waals surface area contributed by atoms with Crippen molar-refractivity contribution in [2.45, 2.75) is 26.8 Å². The molecular weight excluding hydrogens is 198 g/mol. The fourth-order valence-electron chi connectivity index (χ4n) is 1.04. The summed E-state index contributed by atoms with van der Waals surface area (Å²) in [5.74, 6) is 1.38. The van der Waals surface area contributed by atoms with Crippen LogP contribution in [0.3, 0.4) is 0 Å². The summed E-state index contributed by atoms with van der Waals surface area (Å²) in [6.45, 7) is 6.44. The lowest BCUT2D eigenvalue weighted by Crippen LogP contribution is -2.35. The number of nitrogens with one attached hydrogen (secondary N) is 1. The number of hydrogen-bond donors (Lipinski definition) is 1. The summed E-state index contributed by atoms with van der Waals surface area (Å²) in [6, 6.07) is 2.05. The third kappa shape index (κ3) is 3.14. The van der Waals surface area contributed by atoms with Gasteiger partial charge >= 0.3 is 0 Å². The van der Waals surface area contributed by atoms with E-state index in [0.717, 1.165) is 5.82 Å². The minimum atomic E-state index is 0.118. The lowest BCUT2D eigenvalue weighted by Gasteiger charge is -2.30. The predicted octanol–water partition coefficient (Wildman–Crippen LogP) is 2.54. The third-order valence-corrected chi connectivity index (χ3v) is 2.41. The van der Waals surface area contributed by atoms with E-state index >= 15 is 0 Å². The van der Waals surface area contributed by atoms with Crippen molar-refractivity contribution in [2.75, 3.05) is 11.2 Å². The van der Waals surface area contributed by atoms with Crippen molar-refractivity contribution in [2.24, 2.45) is 5.41 Å². The molecule has 3 nitrogen and oxygen atoms in total. The molecule has 0 aliphatic rings. The minimum absolute atomic E-state index is 0.118. The van der Waals surface area contributed by atoms with Gasteiger partial charge in [0.05, 0.1) is 0 Å². The monoisotopic (exact) mass is 213 g/mol. The van der Waals surface area contributed by atoms with E-state index in [1.165, 1.54) is 6.33 Å². The van der Waals surface area contributed by atoms with Gasteiger partial charge in [-0.05, 0) is 11.5 Å². The van der Waals surface area contributed by atoms with Crippen LogP contribution in [0, 0.1) is 5.41 Å². The Morgan fingerprint density at radius 1 is 1.50 bits per heavy atom. The van der Waals surface area contributed by atoms with Crippen LogP contribution in [0.1, 0.15) is 20.8 Å². The van der Waals surface area contributed by atoms with E-state index in [-0.39, 0.29) is 11.5 Å². The van der Waals surface area contributed by atoms with Crippen LogP contribution in [-0.4, -0.2) is 21.9 Å². The first-order valence-corrected chi connectivity index (χ1v) is 5.16. The van der Waals surface area contributed by atoms with Crippen LogP contribution in [0.25, 0.3) is 0 Å². The van der Waals surface area contributed by atoms with Crippen LogP contribution in [0.4, 0.5) is 5.82 Å².